The minimum atomic E-state index is -0.643. The largest absolute Gasteiger partial charge is 0.507 e. The molecule has 0 saturated carbocycles. The molecule has 0 aliphatic rings. The second-order valence-corrected chi connectivity index (χ2v) is 23.6. The molecule has 26 nitrogen and oxygen atoms in total. The summed E-state index contributed by atoms with van der Waals surface area (Å²) in [5.41, 5.74) is 4.11. The van der Waals surface area contributed by atoms with Gasteiger partial charge in [0, 0.05) is 19.4 Å². The van der Waals surface area contributed by atoms with Crippen LogP contribution in [0.25, 0.3) is 0 Å². The van der Waals surface area contributed by atoms with Gasteiger partial charge in [0.1, 0.15) is 67.9 Å². The Kier molecular flexibility index (Phi) is 46.1. The molecule has 0 heterocycles. The van der Waals surface area contributed by atoms with Crippen molar-refractivity contribution in [3.63, 3.8) is 0 Å². The lowest BCUT2D eigenvalue weighted by molar-refractivity contribution is 0.00447. The highest BCUT2D eigenvalue weighted by atomic mass is 16.6. The first-order chi connectivity index (χ1) is 55.6. The number of para-hydroxylation sites is 2. The van der Waals surface area contributed by atoms with Gasteiger partial charge in [-0.15, -0.1) is 0 Å². The highest BCUT2D eigenvalue weighted by Crippen LogP contribution is 2.19. The van der Waals surface area contributed by atoms with Gasteiger partial charge in [-0.2, -0.15) is 0 Å². The highest BCUT2D eigenvalue weighted by Gasteiger charge is 2.18. The van der Waals surface area contributed by atoms with Gasteiger partial charge in [0.2, 0.25) is 0 Å². The van der Waals surface area contributed by atoms with Crippen LogP contribution in [0.3, 0.4) is 0 Å². The van der Waals surface area contributed by atoms with E-state index in [1.807, 2.05) is 48.5 Å². The van der Waals surface area contributed by atoms with Crippen molar-refractivity contribution in [3.05, 3.63) is 347 Å². The number of aliphatic hydroxyl groups is 4. The molecule has 0 aliphatic heterocycles. The Bertz CT molecular complexity index is 4330. The Hall–Kier alpha value is -13.7. The van der Waals surface area contributed by atoms with Crippen molar-refractivity contribution >= 4 is 59.7 Å². The number of carbonyl (C=O) groups excluding carboxylic acids is 10. The third kappa shape index (κ3) is 39.7. The van der Waals surface area contributed by atoms with Gasteiger partial charge in [0.15, 0.2) is 0 Å². The minimum absolute atomic E-state index is 0.0201. The summed E-state index contributed by atoms with van der Waals surface area (Å²) in [5.74, 6) is -4.85. The van der Waals surface area contributed by atoms with E-state index in [1.54, 1.807) is 239 Å². The van der Waals surface area contributed by atoms with Crippen LogP contribution in [0.1, 0.15) is 137 Å². The van der Waals surface area contributed by atoms with Gasteiger partial charge in [0.05, 0.1) is 83.6 Å². The fourth-order valence-electron chi connectivity index (χ4n) is 8.53. The Morgan fingerprint density at radius 3 is 0.765 bits per heavy atom. The quantitative estimate of drug-likeness (QED) is 0.0144. The smallest absolute Gasteiger partial charge is 0.341 e. The molecule has 115 heavy (non-hydrogen) atoms. The lowest BCUT2D eigenvalue weighted by Gasteiger charge is -2.13. The number of phenolic OH excluding ortho intramolecular Hbond substituents is 2. The van der Waals surface area contributed by atoms with Gasteiger partial charge in [-0.05, 0) is 142 Å². The number of hydrogen-bond acceptors (Lipinski definition) is 26. The summed E-state index contributed by atoms with van der Waals surface area (Å²) in [5, 5.41) is 53.4. The van der Waals surface area contributed by atoms with E-state index in [1.165, 1.54) is 24.3 Å². The Balaban J connectivity index is 0.000000287. The molecule has 0 bridgehead atoms. The van der Waals surface area contributed by atoms with Gasteiger partial charge >= 0.3 is 59.7 Å². The Morgan fingerprint density at radius 1 is 0.252 bits per heavy atom. The van der Waals surface area contributed by atoms with E-state index >= 15 is 0 Å². The summed E-state index contributed by atoms with van der Waals surface area (Å²) in [6.07, 6.45) is -0.789. The van der Waals surface area contributed by atoms with Crippen molar-refractivity contribution in [1.82, 2.24) is 0 Å². The summed E-state index contributed by atoms with van der Waals surface area (Å²) in [4.78, 5) is 115. The molecule has 0 amide bonds. The average Bonchev–Trinajstić information content (AvgIpc) is 0.873. The van der Waals surface area contributed by atoms with E-state index < -0.39 is 72.0 Å². The van der Waals surface area contributed by atoms with Crippen molar-refractivity contribution < 1.29 is 126 Å². The van der Waals surface area contributed by atoms with Crippen LogP contribution >= 0.6 is 0 Å². The number of aliphatic hydroxyl groups excluding tert-OH is 4. The fourth-order valence-corrected chi connectivity index (χ4v) is 8.53. The zero-order valence-corrected chi connectivity index (χ0v) is 63.5. The third-order valence-corrected chi connectivity index (χ3v) is 14.3. The molecule has 0 spiro atoms. The molecule has 604 valence electrons. The fraction of sp³-hybridized carbons (Fsp3) is 0.213. The molecule has 6 N–H and O–H groups in total. The van der Waals surface area contributed by atoms with Crippen LogP contribution in [-0.2, 0) is 47.4 Å². The SMILES string of the molecule is CC(CO)OC(=O)c1ccccc1.CC(COC(=O)c1ccccc1)OC(=O)c1ccccc1.CC(O)COC(=O)c1ccccc1.O=C(OCCCO)c1ccccc1.O=C(OCCCOC(=O)c1ccccc1O)c1ccccc1O.O=C(OCCO)c1ccccc1.O=C(OCCOC(=O)c1ccccc1)c1ccccc1. The molecule has 10 aromatic rings. The number of esters is 10. The minimum Gasteiger partial charge on any atom is -0.507 e. The first-order valence-corrected chi connectivity index (χ1v) is 35.9. The van der Waals surface area contributed by atoms with Crippen molar-refractivity contribution in [2.45, 2.75) is 51.9 Å². The van der Waals surface area contributed by atoms with Crippen molar-refractivity contribution in [2.24, 2.45) is 0 Å². The van der Waals surface area contributed by atoms with Crippen molar-refractivity contribution in [2.75, 3.05) is 72.7 Å². The van der Waals surface area contributed by atoms with E-state index in [4.69, 9.17) is 63.1 Å². The summed E-state index contributed by atoms with van der Waals surface area (Å²) < 4.78 is 49.5. The van der Waals surface area contributed by atoms with Crippen LogP contribution in [0.5, 0.6) is 11.5 Å². The number of ether oxygens (including phenoxy) is 10. The molecule has 10 aromatic carbocycles. The second kappa shape index (κ2) is 56.5. The molecular weight excluding hydrogens is 1480 g/mol. The van der Waals surface area contributed by atoms with Crippen LogP contribution in [0.15, 0.2) is 291 Å². The van der Waals surface area contributed by atoms with Gasteiger partial charge < -0.3 is 78.0 Å². The van der Waals surface area contributed by atoms with Gasteiger partial charge in [0.25, 0.3) is 0 Å². The molecule has 10 rings (SSSR count). The van der Waals surface area contributed by atoms with Crippen LogP contribution in [0.2, 0.25) is 0 Å². The Morgan fingerprint density at radius 2 is 0.487 bits per heavy atom. The number of rotatable bonds is 29. The summed E-state index contributed by atoms with van der Waals surface area (Å²) in [6, 6.07) is 81.7. The zero-order chi connectivity index (χ0) is 83.6. The monoisotopic (exact) mass is 1580 g/mol. The van der Waals surface area contributed by atoms with Crippen molar-refractivity contribution in [1.29, 1.82) is 0 Å². The van der Waals surface area contributed by atoms with E-state index in [0.29, 0.717) is 57.3 Å². The maximum Gasteiger partial charge on any atom is 0.341 e. The van der Waals surface area contributed by atoms with Crippen LogP contribution < -0.4 is 0 Å². The lowest BCUT2D eigenvalue weighted by atomic mass is 10.2. The molecule has 0 radical (unpaired) electrons. The molecule has 0 aliphatic carbocycles. The van der Waals surface area contributed by atoms with E-state index in [9.17, 15) is 58.2 Å². The maximum atomic E-state index is 11.8. The number of phenols is 2. The average molecular weight is 1580 g/mol. The predicted octanol–water partition coefficient (Wildman–Crippen LogP) is 12.8. The molecule has 3 unspecified atom stereocenters. The van der Waals surface area contributed by atoms with Crippen LogP contribution in [0.4, 0.5) is 0 Å². The maximum absolute atomic E-state index is 11.8. The predicted molar refractivity (Wildman–Crippen MR) is 422 cm³/mol. The number of aromatic hydroxyl groups is 2. The van der Waals surface area contributed by atoms with Crippen molar-refractivity contribution in [3.8, 4) is 11.5 Å². The zero-order valence-electron chi connectivity index (χ0n) is 63.5. The lowest BCUT2D eigenvalue weighted by Crippen LogP contribution is -2.22. The van der Waals surface area contributed by atoms with Gasteiger partial charge in [-0.3, -0.25) is 0 Å². The summed E-state index contributed by atoms with van der Waals surface area (Å²) >= 11 is 0. The summed E-state index contributed by atoms with van der Waals surface area (Å²) in [6.45, 7) is 5.16. The second-order valence-electron chi connectivity index (χ2n) is 23.6. The number of carbonyl (C=O) groups is 10. The van der Waals surface area contributed by atoms with Gasteiger partial charge in [-0.1, -0.05) is 170 Å². The molecule has 0 saturated heterocycles. The molecule has 26 heteroatoms. The van der Waals surface area contributed by atoms with E-state index in [0.717, 1.165) is 0 Å². The molecular formula is C89H92O26. The Labute approximate surface area is 665 Å². The van der Waals surface area contributed by atoms with E-state index in [2.05, 4.69) is 4.74 Å². The standard InChI is InChI=1S/C17H16O6.C17H16O4.C16H14O4.3C10H12O3.C9H10O3/c18-14-8-3-1-6-12(14)16(20)22-10-5-11-23-17(21)13-7-2-4-9-15(13)19;1-13(21-17(19)15-10-6-3-7-11-15)12-20-16(18)14-8-4-2-5-9-14;17-15(13-7-3-1-4-8-13)19-11-12-20-16(18)14-9-5-2-6-10-14;1-8(11)7-13-10(12)9-5-3-2-4-6-9;1-8(7-11)13-10(12)9-5-3-2-4-6-9;11-7-4-8-13-10(12)9-5-2-1-3-6-9;10-6-7-12-9(11)8-4-2-1-3-5-8/h1-4,6-9,18-19H,5,10-11H2;2-11,13H,12H2,1H3;1-10H,11-12H2;2*2-6,8,11H,7H2,1H3;1-3,5-6,11H,4,7-8H2;1-5,10H,6-7H2. The first kappa shape index (κ1) is 93.7. The first-order valence-electron chi connectivity index (χ1n) is 35.9. The highest BCUT2D eigenvalue weighted by molar-refractivity contribution is 5.95. The van der Waals surface area contributed by atoms with Crippen LogP contribution in [-0.4, -0.2) is 181 Å². The third-order valence-electron chi connectivity index (χ3n) is 14.3. The number of benzene rings is 10. The molecule has 0 fully saturated rings. The van der Waals surface area contributed by atoms with E-state index in [-0.39, 0.29) is 101 Å². The topological polar surface area (TPSA) is 384 Å². The molecule has 3 atom stereocenters. The van der Waals surface area contributed by atoms with Gasteiger partial charge in [-0.25, -0.2) is 47.9 Å². The number of hydrogen-bond donors (Lipinski definition) is 6. The normalized spacial score (nSPS) is 10.6. The summed E-state index contributed by atoms with van der Waals surface area (Å²) in [7, 11) is 0. The van der Waals surface area contributed by atoms with Crippen LogP contribution in [0, 0.1) is 0 Å². The molecule has 0 aromatic heterocycles.